The lowest BCUT2D eigenvalue weighted by atomic mass is 10.0. The molecule has 2 heterocycles. The summed E-state index contributed by atoms with van der Waals surface area (Å²) in [5, 5.41) is 5.49. The molecule has 2 saturated heterocycles. The molecule has 7 heteroatoms. The second-order valence-corrected chi connectivity index (χ2v) is 6.79. The van der Waals surface area contributed by atoms with Gasteiger partial charge in [-0.1, -0.05) is 30.3 Å². The van der Waals surface area contributed by atoms with Gasteiger partial charge in [-0.25, -0.2) is 4.79 Å². The van der Waals surface area contributed by atoms with Crippen molar-refractivity contribution in [2.24, 2.45) is 5.92 Å². The first-order valence-corrected chi connectivity index (χ1v) is 9.13. The summed E-state index contributed by atoms with van der Waals surface area (Å²) in [4.78, 5) is 37.8. The van der Waals surface area contributed by atoms with E-state index in [1.807, 2.05) is 30.3 Å². The van der Waals surface area contributed by atoms with E-state index in [2.05, 4.69) is 10.6 Å². The van der Waals surface area contributed by atoms with Crippen LogP contribution in [0.15, 0.2) is 30.3 Å². The molecule has 0 bridgehead atoms. The number of nitrogens with one attached hydrogen (secondary N) is 2. The van der Waals surface area contributed by atoms with Gasteiger partial charge in [0, 0.05) is 26.3 Å². The number of hydrogen-bond acceptors (Lipinski definition) is 4. The smallest absolute Gasteiger partial charge is 0.324 e. The molecule has 3 rings (SSSR count). The minimum atomic E-state index is -0.770. The maximum atomic E-state index is 12.4. The summed E-state index contributed by atoms with van der Waals surface area (Å²) in [5.74, 6) is -0.115. The lowest BCUT2D eigenvalue weighted by molar-refractivity contribution is -0.130. The van der Waals surface area contributed by atoms with Crippen molar-refractivity contribution in [1.29, 1.82) is 0 Å². The number of amides is 4. The number of urea groups is 1. The SMILES string of the molecule is O=C(C[C@@H]1NC(=O)N(CCc2ccccc2)C1=O)NCC1CCOCC1. The highest BCUT2D eigenvalue weighted by Gasteiger charge is 2.38. The fraction of sp³-hybridized carbons (Fsp3) is 0.526. The molecule has 0 aliphatic carbocycles. The van der Waals surface area contributed by atoms with Gasteiger partial charge in [0.05, 0.1) is 6.42 Å². The van der Waals surface area contributed by atoms with Crippen LogP contribution in [0.1, 0.15) is 24.8 Å². The predicted molar refractivity (Wildman–Crippen MR) is 95.3 cm³/mol. The van der Waals surface area contributed by atoms with E-state index in [0.717, 1.165) is 31.6 Å². The Labute approximate surface area is 153 Å². The predicted octanol–water partition coefficient (Wildman–Crippen LogP) is 1.08. The average molecular weight is 359 g/mol. The standard InChI is InChI=1S/C19H25N3O4/c23-17(20-13-15-7-10-26-11-8-15)12-16-18(24)22(19(25)21-16)9-6-14-4-2-1-3-5-14/h1-5,15-16H,6-13H2,(H,20,23)(H,21,25)/t16-/m0/s1. The van der Waals surface area contributed by atoms with E-state index < -0.39 is 12.1 Å². The third-order valence-corrected chi connectivity index (χ3v) is 4.89. The molecule has 26 heavy (non-hydrogen) atoms. The number of nitrogens with zero attached hydrogens (tertiary/aromatic N) is 1. The maximum Gasteiger partial charge on any atom is 0.324 e. The summed E-state index contributed by atoms with van der Waals surface area (Å²) in [6.45, 7) is 2.37. The topological polar surface area (TPSA) is 87.7 Å². The molecule has 7 nitrogen and oxygen atoms in total. The zero-order chi connectivity index (χ0) is 18.4. The molecule has 2 fully saturated rings. The first-order valence-electron chi connectivity index (χ1n) is 9.13. The van der Waals surface area contributed by atoms with Gasteiger partial charge in [0.15, 0.2) is 0 Å². The second-order valence-electron chi connectivity index (χ2n) is 6.79. The highest BCUT2D eigenvalue weighted by molar-refractivity contribution is 6.05. The van der Waals surface area contributed by atoms with Crippen molar-refractivity contribution in [1.82, 2.24) is 15.5 Å². The van der Waals surface area contributed by atoms with Gasteiger partial charge in [0.1, 0.15) is 6.04 Å². The number of benzene rings is 1. The first kappa shape index (κ1) is 18.4. The van der Waals surface area contributed by atoms with Crippen LogP contribution in [0.2, 0.25) is 0 Å². The molecule has 1 aromatic rings. The van der Waals surface area contributed by atoms with E-state index in [4.69, 9.17) is 4.74 Å². The molecule has 0 unspecified atom stereocenters. The van der Waals surface area contributed by atoms with Crippen molar-refractivity contribution in [3.8, 4) is 0 Å². The zero-order valence-electron chi connectivity index (χ0n) is 14.8. The molecule has 2 aliphatic rings. The Kier molecular flexibility index (Phi) is 6.22. The average Bonchev–Trinajstić information content (AvgIpc) is 2.93. The van der Waals surface area contributed by atoms with Crippen molar-refractivity contribution in [3.05, 3.63) is 35.9 Å². The normalized spacial score (nSPS) is 20.9. The zero-order valence-corrected chi connectivity index (χ0v) is 14.8. The van der Waals surface area contributed by atoms with Gasteiger partial charge in [0.25, 0.3) is 5.91 Å². The van der Waals surface area contributed by atoms with Crippen molar-refractivity contribution in [2.75, 3.05) is 26.3 Å². The lowest BCUT2D eigenvalue weighted by Crippen LogP contribution is -2.39. The molecule has 0 radical (unpaired) electrons. The molecule has 1 aromatic carbocycles. The number of rotatable bonds is 7. The van der Waals surface area contributed by atoms with Crippen LogP contribution in [0.3, 0.4) is 0 Å². The Hall–Kier alpha value is -2.41. The van der Waals surface area contributed by atoms with Gasteiger partial charge in [-0.3, -0.25) is 14.5 Å². The van der Waals surface area contributed by atoms with Gasteiger partial charge in [-0.05, 0) is 30.7 Å². The molecule has 140 valence electrons. The van der Waals surface area contributed by atoms with E-state index in [1.54, 1.807) is 0 Å². The van der Waals surface area contributed by atoms with Crippen LogP contribution in [-0.2, 0) is 20.7 Å². The van der Waals surface area contributed by atoms with E-state index >= 15 is 0 Å². The molecule has 1 atom stereocenters. The summed E-state index contributed by atoms with van der Waals surface area (Å²) >= 11 is 0. The fourth-order valence-electron chi connectivity index (χ4n) is 3.28. The van der Waals surface area contributed by atoms with E-state index in [1.165, 1.54) is 4.90 Å². The lowest BCUT2D eigenvalue weighted by Gasteiger charge is -2.22. The summed E-state index contributed by atoms with van der Waals surface area (Å²) in [6.07, 6.45) is 2.46. The number of imide groups is 1. The molecule has 0 spiro atoms. The van der Waals surface area contributed by atoms with Crippen molar-refractivity contribution < 1.29 is 19.1 Å². The van der Waals surface area contributed by atoms with Crippen LogP contribution in [0.4, 0.5) is 4.79 Å². The third kappa shape index (κ3) is 4.82. The Morgan fingerprint density at radius 2 is 1.92 bits per heavy atom. The highest BCUT2D eigenvalue weighted by atomic mass is 16.5. The number of carbonyl (C=O) groups excluding carboxylic acids is 3. The van der Waals surface area contributed by atoms with Gasteiger partial charge in [-0.2, -0.15) is 0 Å². The van der Waals surface area contributed by atoms with E-state index in [0.29, 0.717) is 25.4 Å². The van der Waals surface area contributed by atoms with Gasteiger partial charge >= 0.3 is 6.03 Å². The minimum Gasteiger partial charge on any atom is -0.381 e. The number of ether oxygens (including phenoxy) is 1. The molecular weight excluding hydrogens is 334 g/mol. The van der Waals surface area contributed by atoms with E-state index in [-0.39, 0.29) is 18.2 Å². The van der Waals surface area contributed by atoms with Crippen LogP contribution < -0.4 is 10.6 Å². The van der Waals surface area contributed by atoms with E-state index in [9.17, 15) is 14.4 Å². The molecule has 0 aromatic heterocycles. The molecule has 4 amide bonds. The Bertz CT molecular complexity index is 643. The quantitative estimate of drug-likeness (QED) is 0.713. The molecule has 2 aliphatic heterocycles. The monoisotopic (exact) mass is 359 g/mol. The summed E-state index contributed by atoms with van der Waals surface area (Å²) in [5.41, 5.74) is 1.06. The highest BCUT2D eigenvalue weighted by Crippen LogP contribution is 2.14. The second kappa shape index (κ2) is 8.80. The Morgan fingerprint density at radius 1 is 1.19 bits per heavy atom. The third-order valence-electron chi connectivity index (χ3n) is 4.89. The van der Waals surface area contributed by atoms with Crippen molar-refractivity contribution in [2.45, 2.75) is 31.7 Å². The first-order chi connectivity index (χ1) is 12.6. The molecule has 2 N–H and O–H groups in total. The minimum absolute atomic E-state index is 0.0182. The Balaban J connectivity index is 1.44. The summed E-state index contributed by atoms with van der Waals surface area (Å²) < 4.78 is 5.30. The summed E-state index contributed by atoms with van der Waals surface area (Å²) in [6, 6.07) is 8.49. The van der Waals surface area contributed by atoms with Crippen LogP contribution in [0.25, 0.3) is 0 Å². The van der Waals surface area contributed by atoms with Gasteiger partial charge in [-0.15, -0.1) is 0 Å². The molecule has 0 saturated carbocycles. The van der Waals surface area contributed by atoms with Crippen LogP contribution in [-0.4, -0.2) is 55.1 Å². The van der Waals surface area contributed by atoms with Crippen LogP contribution >= 0.6 is 0 Å². The maximum absolute atomic E-state index is 12.4. The van der Waals surface area contributed by atoms with Crippen molar-refractivity contribution >= 4 is 17.8 Å². The fourth-order valence-corrected chi connectivity index (χ4v) is 3.28. The van der Waals surface area contributed by atoms with Crippen molar-refractivity contribution in [3.63, 3.8) is 0 Å². The molecular formula is C19H25N3O4. The van der Waals surface area contributed by atoms with Gasteiger partial charge in [0.2, 0.25) is 5.91 Å². The number of hydrogen-bond donors (Lipinski definition) is 2. The van der Waals surface area contributed by atoms with Crippen LogP contribution in [0, 0.1) is 5.92 Å². The Morgan fingerprint density at radius 3 is 2.65 bits per heavy atom. The van der Waals surface area contributed by atoms with Gasteiger partial charge < -0.3 is 15.4 Å². The van der Waals surface area contributed by atoms with Crippen LogP contribution in [0.5, 0.6) is 0 Å². The summed E-state index contributed by atoms with van der Waals surface area (Å²) in [7, 11) is 0. The largest absolute Gasteiger partial charge is 0.381 e. The number of carbonyl (C=O) groups is 3.